The number of hydrogen-bond donors (Lipinski definition) is 0. The molecule has 0 aromatic heterocycles. The molecule has 2 rings (SSSR count). The third kappa shape index (κ3) is 1.28. The Balaban J connectivity index is 2.15. The summed E-state index contributed by atoms with van der Waals surface area (Å²) < 4.78 is 5.82. The average molecular weight is 168 g/mol. The van der Waals surface area contributed by atoms with Crippen LogP contribution in [0.25, 0.3) is 0 Å². The van der Waals surface area contributed by atoms with E-state index in [4.69, 9.17) is 4.74 Å². The van der Waals surface area contributed by atoms with E-state index in [0.29, 0.717) is 11.5 Å². The van der Waals surface area contributed by atoms with Gasteiger partial charge >= 0.3 is 0 Å². The molecule has 1 saturated heterocycles. The minimum atomic E-state index is 0.451. The van der Waals surface area contributed by atoms with Crippen LogP contribution < -0.4 is 0 Å². The van der Waals surface area contributed by atoms with Gasteiger partial charge in [-0.1, -0.05) is 27.2 Å². The standard InChI is InChI=1S/C11H20O/c1-11(2,3)10-8-5-4-6-9(10)12-7-8/h8-10H,4-7H2,1-3H3. The van der Waals surface area contributed by atoms with E-state index in [9.17, 15) is 0 Å². The van der Waals surface area contributed by atoms with Crippen molar-refractivity contribution >= 4 is 0 Å². The molecular formula is C11H20O. The summed E-state index contributed by atoms with van der Waals surface area (Å²) in [6, 6.07) is 0. The molecule has 0 aromatic carbocycles. The van der Waals surface area contributed by atoms with Crippen LogP contribution in [0.15, 0.2) is 0 Å². The fourth-order valence-corrected chi connectivity index (χ4v) is 3.13. The second kappa shape index (κ2) is 2.73. The Labute approximate surface area is 75.5 Å². The van der Waals surface area contributed by atoms with Crippen molar-refractivity contribution in [2.45, 2.75) is 46.1 Å². The fourth-order valence-electron chi connectivity index (χ4n) is 3.13. The van der Waals surface area contributed by atoms with Crippen LogP contribution in [0.5, 0.6) is 0 Å². The van der Waals surface area contributed by atoms with Gasteiger partial charge < -0.3 is 4.74 Å². The molecular weight excluding hydrogens is 148 g/mol. The van der Waals surface area contributed by atoms with Gasteiger partial charge in [-0.2, -0.15) is 0 Å². The monoisotopic (exact) mass is 168 g/mol. The van der Waals surface area contributed by atoms with Crippen LogP contribution in [0.4, 0.5) is 0 Å². The summed E-state index contributed by atoms with van der Waals surface area (Å²) in [4.78, 5) is 0. The molecule has 0 spiro atoms. The summed E-state index contributed by atoms with van der Waals surface area (Å²) >= 11 is 0. The van der Waals surface area contributed by atoms with E-state index in [-0.39, 0.29) is 0 Å². The topological polar surface area (TPSA) is 9.23 Å². The van der Waals surface area contributed by atoms with Crippen molar-refractivity contribution in [1.82, 2.24) is 0 Å². The molecule has 2 fully saturated rings. The lowest BCUT2D eigenvalue weighted by atomic mass is 9.67. The van der Waals surface area contributed by atoms with E-state index < -0.39 is 0 Å². The van der Waals surface area contributed by atoms with Crippen LogP contribution in [0.3, 0.4) is 0 Å². The highest BCUT2D eigenvalue weighted by atomic mass is 16.5. The number of fused-ring (bicyclic) bond motifs is 2. The van der Waals surface area contributed by atoms with E-state index in [2.05, 4.69) is 20.8 Å². The minimum Gasteiger partial charge on any atom is -0.378 e. The highest BCUT2D eigenvalue weighted by molar-refractivity contribution is 4.94. The molecule has 70 valence electrons. The average Bonchev–Trinajstić information content (AvgIpc) is 2.23. The molecule has 0 aromatic rings. The second-order valence-corrected chi connectivity index (χ2v) is 5.45. The highest BCUT2D eigenvalue weighted by Gasteiger charge is 2.45. The Morgan fingerprint density at radius 3 is 2.42 bits per heavy atom. The van der Waals surface area contributed by atoms with Gasteiger partial charge in [-0.15, -0.1) is 0 Å². The van der Waals surface area contributed by atoms with Crippen molar-refractivity contribution in [1.29, 1.82) is 0 Å². The van der Waals surface area contributed by atoms with E-state index in [1.54, 1.807) is 0 Å². The lowest BCUT2D eigenvalue weighted by molar-refractivity contribution is 0.0405. The molecule has 2 aliphatic rings. The normalized spacial score (nSPS) is 41.8. The first-order valence-corrected chi connectivity index (χ1v) is 5.20. The predicted octanol–water partition coefficient (Wildman–Crippen LogP) is 2.85. The van der Waals surface area contributed by atoms with Gasteiger partial charge in [0.05, 0.1) is 12.7 Å². The maximum atomic E-state index is 5.82. The van der Waals surface area contributed by atoms with Gasteiger partial charge in [0, 0.05) is 0 Å². The highest BCUT2D eigenvalue weighted by Crippen LogP contribution is 2.47. The molecule has 3 unspecified atom stereocenters. The van der Waals surface area contributed by atoms with E-state index in [1.807, 2.05) is 0 Å². The third-order valence-corrected chi connectivity index (χ3v) is 3.50. The van der Waals surface area contributed by atoms with Gasteiger partial charge in [0.25, 0.3) is 0 Å². The summed E-state index contributed by atoms with van der Waals surface area (Å²) in [6.07, 6.45) is 4.68. The first kappa shape index (κ1) is 8.55. The SMILES string of the molecule is CC(C)(C)C1C2CCCC1OC2. The van der Waals surface area contributed by atoms with Crippen LogP contribution in [-0.4, -0.2) is 12.7 Å². The first-order chi connectivity index (χ1) is 5.59. The smallest absolute Gasteiger partial charge is 0.0611 e. The Morgan fingerprint density at radius 2 is 1.92 bits per heavy atom. The molecule has 1 heterocycles. The minimum absolute atomic E-state index is 0.451. The zero-order valence-electron chi connectivity index (χ0n) is 8.47. The van der Waals surface area contributed by atoms with E-state index in [1.165, 1.54) is 19.3 Å². The molecule has 1 aliphatic carbocycles. The Kier molecular flexibility index (Phi) is 1.95. The summed E-state index contributed by atoms with van der Waals surface area (Å²) in [7, 11) is 0. The van der Waals surface area contributed by atoms with Crippen molar-refractivity contribution in [3.63, 3.8) is 0 Å². The van der Waals surface area contributed by atoms with Crippen LogP contribution in [0.1, 0.15) is 40.0 Å². The zero-order chi connectivity index (χ0) is 8.77. The van der Waals surface area contributed by atoms with Crippen molar-refractivity contribution in [3.8, 4) is 0 Å². The predicted molar refractivity (Wildman–Crippen MR) is 50.0 cm³/mol. The summed E-state index contributed by atoms with van der Waals surface area (Å²) in [6.45, 7) is 8.11. The molecule has 2 bridgehead atoms. The van der Waals surface area contributed by atoms with Crippen LogP contribution in [0.2, 0.25) is 0 Å². The molecule has 0 amide bonds. The molecule has 0 N–H and O–H groups in total. The van der Waals surface area contributed by atoms with E-state index in [0.717, 1.165) is 18.4 Å². The van der Waals surface area contributed by atoms with Crippen molar-refractivity contribution in [3.05, 3.63) is 0 Å². The number of hydrogen-bond acceptors (Lipinski definition) is 1. The number of rotatable bonds is 0. The quantitative estimate of drug-likeness (QED) is 0.540. The zero-order valence-corrected chi connectivity index (χ0v) is 8.47. The van der Waals surface area contributed by atoms with E-state index >= 15 is 0 Å². The van der Waals surface area contributed by atoms with Gasteiger partial charge in [-0.3, -0.25) is 0 Å². The molecule has 3 atom stereocenters. The molecule has 1 aliphatic heterocycles. The van der Waals surface area contributed by atoms with Crippen LogP contribution >= 0.6 is 0 Å². The largest absolute Gasteiger partial charge is 0.378 e. The molecule has 0 radical (unpaired) electrons. The third-order valence-electron chi connectivity index (χ3n) is 3.50. The maximum absolute atomic E-state index is 5.82. The molecule has 1 saturated carbocycles. The van der Waals surface area contributed by atoms with Crippen LogP contribution in [0, 0.1) is 17.3 Å². The summed E-state index contributed by atoms with van der Waals surface area (Å²) in [5, 5.41) is 0. The van der Waals surface area contributed by atoms with Crippen molar-refractivity contribution in [2.75, 3.05) is 6.61 Å². The summed E-state index contributed by atoms with van der Waals surface area (Å²) in [5.41, 5.74) is 0.451. The van der Waals surface area contributed by atoms with Crippen molar-refractivity contribution < 1.29 is 4.74 Å². The Hall–Kier alpha value is -0.0400. The second-order valence-electron chi connectivity index (χ2n) is 5.45. The van der Waals surface area contributed by atoms with Crippen molar-refractivity contribution in [2.24, 2.45) is 17.3 Å². The van der Waals surface area contributed by atoms with Crippen LogP contribution in [-0.2, 0) is 4.74 Å². The maximum Gasteiger partial charge on any atom is 0.0611 e. The molecule has 1 heteroatoms. The van der Waals surface area contributed by atoms with Gasteiger partial charge in [0.2, 0.25) is 0 Å². The lowest BCUT2D eigenvalue weighted by Gasteiger charge is -2.38. The Bertz CT molecular complexity index is 152. The number of ether oxygens (including phenoxy) is 1. The summed E-state index contributed by atoms with van der Waals surface area (Å²) in [5.74, 6) is 1.69. The molecule has 12 heavy (non-hydrogen) atoms. The Morgan fingerprint density at radius 1 is 1.17 bits per heavy atom. The molecule has 1 nitrogen and oxygen atoms in total. The lowest BCUT2D eigenvalue weighted by Crippen LogP contribution is -2.35. The van der Waals surface area contributed by atoms with Gasteiger partial charge in [0.15, 0.2) is 0 Å². The van der Waals surface area contributed by atoms with Gasteiger partial charge in [0.1, 0.15) is 0 Å². The first-order valence-electron chi connectivity index (χ1n) is 5.20. The fraction of sp³-hybridized carbons (Fsp3) is 1.00. The van der Waals surface area contributed by atoms with Gasteiger partial charge in [-0.25, -0.2) is 0 Å². The van der Waals surface area contributed by atoms with Gasteiger partial charge in [-0.05, 0) is 30.1 Å².